The van der Waals surface area contributed by atoms with Crippen LogP contribution in [0, 0.1) is 6.92 Å². The summed E-state index contributed by atoms with van der Waals surface area (Å²) in [4.78, 5) is 15.8. The first-order valence-corrected chi connectivity index (χ1v) is 8.08. The standard InChI is InChI=1S/C15H15NO2S2/c1-3-8-19-9-11-6-4-5-7-12(11)14-16-10(2)13(20-14)15(17)18/h3-7H,1,8-9H2,2H3,(H,17,18). The lowest BCUT2D eigenvalue weighted by atomic mass is 10.1. The van der Waals surface area contributed by atoms with Gasteiger partial charge in [0, 0.05) is 17.1 Å². The van der Waals surface area contributed by atoms with E-state index in [2.05, 4.69) is 17.6 Å². The SMILES string of the molecule is C=CCSCc1ccccc1-c1nc(C)c(C(=O)O)s1. The Morgan fingerprint density at radius 3 is 2.90 bits per heavy atom. The molecule has 1 heterocycles. The molecule has 0 unspecified atom stereocenters. The minimum Gasteiger partial charge on any atom is -0.477 e. The van der Waals surface area contributed by atoms with Crippen LogP contribution in [-0.4, -0.2) is 21.8 Å². The predicted molar refractivity (Wildman–Crippen MR) is 85.6 cm³/mol. The van der Waals surface area contributed by atoms with Crippen LogP contribution in [0.3, 0.4) is 0 Å². The fourth-order valence-corrected chi connectivity index (χ4v) is 3.54. The first-order valence-electron chi connectivity index (χ1n) is 6.11. The number of hydrogen-bond donors (Lipinski definition) is 1. The van der Waals surface area contributed by atoms with Gasteiger partial charge in [0.25, 0.3) is 0 Å². The molecule has 3 nitrogen and oxygen atoms in total. The molecular formula is C15H15NO2S2. The van der Waals surface area contributed by atoms with E-state index in [0.29, 0.717) is 10.6 Å². The summed E-state index contributed by atoms with van der Waals surface area (Å²) in [6.07, 6.45) is 1.88. The normalized spacial score (nSPS) is 10.4. The number of aromatic nitrogens is 1. The number of nitrogens with zero attached hydrogens (tertiary/aromatic N) is 1. The summed E-state index contributed by atoms with van der Waals surface area (Å²) in [6, 6.07) is 8.00. The van der Waals surface area contributed by atoms with Gasteiger partial charge in [0.05, 0.1) is 5.69 Å². The van der Waals surface area contributed by atoms with Crippen LogP contribution in [0.25, 0.3) is 10.6 Å². The maximum absolute atomic E-state index is 11.1. The molecule has 104 valence electrons. The van der Waals surface area contributed by atoms with E-state index in [1.165, 1.54) is 16.9 Å². The van der Waals surface area contributed by atoms with Crippen LogP contribution < -0.4 is 0 Å². The summed E-state index contributed by atoms with van der Waals surface area (Å²) >= 11 is 3.01. The lowest BCUT2D eigenvalue weighted by molar-refractivity contribution is 0.0701. The first-order chi connectivity index (χ1) is 9.63. The van der Waals surface area contributed by atoms with Gasteiger partial charge in [-0.2, -0.15) is 11.8 Å². The van der Waals surface area contributed by atoms with Crippen molar-refractivity contribution in [2.75, 3.05) is 5.75 Å². The summed E-state index contributed by atoms with van der Waals surface area (Å²) in [7, 11) is 0. The number of thioether (sulfide) groups is 1. The van der Waals surface area contributed by atoms with E-state index in [4.69, 9.17) is 5.11 Å². The fraction of sp³-hybridized carbons (Fsp3) is 0.200. The van der Waals surface area contributed by atoms with Crippen LogP contribution in [0.4, 0.5) is 0 Å². The number of carboxylic acids is 1. The van der Waals surface area contributed by atoms with Gasteiger partial charge in [-0.3, -0.25) is 0 Å². The fourth-order valence-electron chi connectivity index (χ4n) is 1.82. The van der Waals surface area contributed by atoms with Gasteiger partial charge in [-0.25, -0.2) is 9.78 Å². The third-order valence-corrected chi connectivity index (χ3v) is 4.90. The van der Waals surface area contributed by atoms with Crippen LogP contribution in [-0.2, 0) is 5.75 Å². The lowest BCUT2D eigenvalue weighted by Gasteiger charge is -2.05. The molecule has 0 aliphatic carbocycles. The maximum atomic E-state index is 11.1. The average molecular weight is 305 g/mol. The van der Waals surface area contributed by atoms with Crippen LogP contribution >= 0.6 is 23.1 Å². The second-order valence-electron chi connectivity index (χ2n) is 4.20. The van der Waals surface area contributed by atoms with E-state index in [-0.39, 0.29) is 0 Å². The summed E-state index contributed by atoms with van der Waals surface area (Å²) in [5, 5.41) is 9.90. The second-order valence-corrected chi connectivity index (χ2v) is 6.23. The van der Waals surface area contributed by atoms with Crippen molar-refractivity contribution in [3.8, 4) is 10.6 Å². The molecule has 0 saturated carbocycles. The van der Waals surface area contributed by atoms with Gasteiger partial charge < -0.3 is 5.11 Å². The van der Waals surface area contributed by atoms with Gasteiger partial charge >= 0.3 is 5.97 Å². The van der Waals surface area contributed by atoms with E-state index in [0.717, 1.165) is 22.1 Å². The first kappa shape index (κ1) is 14.8. The monoisotopic (exact) mass is 305 g/mol. The van der Waals surface area contributed by atoms with Gasteiger partial charge in [0.1, 0.15) is 9.88 Å². The highest BCUT2D eigenvalue weighted by Crippen LogP contribution is 2.32. The van der Waals surface area contributed by atoms with Crippen molar-refractivity contribution < 1.29 is 9.90 Å². The van der Waals surface area contributed by atoms with Gasteiger partial charge in [-0.05, 0) is 12.5 Å². The van der Waals surface area contributed by atoms with E-state index in [9.17, 15) is 4.79 Å². The smallest absolute Gasteiger partial charge is 0.347 e. The molecule has 0 radical (unpaired) electrons. The number of carbonyl (C=O) groups is 1. The zero-order valence-corrected chi connectivity index (χ0v) is 12.8. The molecule has 2 aromatic rings. The Balaban J connectivity index is 2.34. The quantitative estimate of drug-likeness (QED) is 0.641. The average Bonchev–Trinajstić information content (AvgIpc) is 2.82. The Morgan fingerprint density at radius 2 is 2.25 bits per heavy atom. The van der Waals surface area contributed by atoms with Crippen LogP contribution in [0.2, 0.25) is 0 Å². The molecule has 0 fully saturated rings. The van der Waals surface area contributed by atoms with Crippen molar-refractivity contribution in [2.24, 2.45) is 0 Å². The van der Waals surface area contributed by atoms with Crippen LogP contribution in [0.5, 0.6) is 0 Å². The van der Waals surface area contributed by atoms with Crippen molar-refractivity contribution in [1.29, 1.82) is 0 Å². The van der Waals surface area contributed by atoms with E-state index >= 15 is 0 Å². The van der Waals surface area contributed by atoms with Crippen LogP contribution in [0.1, 0.15) is 20.9 Å². The molecule has 1 aromatic carbocycles. The molecule has 0 aliphatic rings. The van der Waals surface area contributed by atoms with E-state index in [1.54, 1.807) is 18.7 Å². The third kappa shape index (κ3) is 3.29. The molecular weight excluding hydrogens is 290 g/mol. The molecule has 1 N–H and O–H groups in total. The largest absolute Gasteiger partial charge is 0.477 e. The van der Waals surface area contributed by atoms with E-state index in [1.807, 2.05) is 24.3 Å². The Bertz CT molecular complexity index is 635. The molecule has 0 saturated heterocycles. The van der Waals surface area contributed by atoms with Gasteiger partial charge in [-0.1, -0.05) is 30.3 Å². The molecule has 20 heavy (non-hydrogen) atoms. The number of benzene rings is 1. The van der Waals surface area contributed by atoms with Crippen molar-refractivity contribution in [1.82, 2.24) is 4.98 Å². The lowest BCUT2D eigenvalue weighted by Crippen LogP contribution is -1.94. The summed E-state index contributed by atoms with van der Waals surface area (Å²) < 4.78 is 0. The molecule has 5 heteroatoms. The topological polar surface area (TPSA) is 50.2 Å². The molecule has 0 amide bonds. The Hall–Kier alpha value is -1.59. The van der Waals surface area contributed by atoms with Crippen LogP contribution in [0.15, 0.2) is 36.9 Å². The molecule has 2 rings (SSSR count). The van der Waals surface area contributed by atoms with Crippen molar-refractivity contribution in [2.45, 2.75) is 12.7 Å². The Kier molecular flexibility index (Phi) is 4.98. The Labute approximate surface area is 126 Å². The zero-order chi connectivity index (χ0) is 14.5. The number of carboxylic acid groups (broad SMARTS) is 1. The number of hydrogen-bond acceptors (Lipinski definition) is 4. The van der Waals surface area contributed by atoms with Gasteiger partial charge in [-0.15, -0.1) is 17.9 Å². The zero-order valence-electron chi connectivity index (χ0n) is 11.1. The summed E-state index contributed by atoms with van der Waals surface area (Å²) in [5.74, 6) is 0.847. The Morgan fingerprint density at radius 1 is 1.50 bits per heavy atom. The molecule has 1 aromatic heterocycles. The van der Waals surface area contributed by atoms with Crippen molar-refractivity contribution in [3.63, 3.8) is 0 Å². The van der Waals surface area contributed by atoms with Crippen molar-refractivity contribution >= 4 is 29.1 Å². The predicted octanol–water partition coefficient (Wildman–Crippen LogP) is 4.24. The maximum Gasteiger partial charge on any atom is 0.347 e. The summed E-state index contributed by atoms with van der Waals surface area (Å²) in [6.45, 7) is 5.45. The minimum atomic E-state index is -0.912. The van der Waals surface area contributed by atoms with Crippen molar-refractivity contribution in [3.05, 3.63) is 53.1 Å². The molecule has 0 spiro atoms. The van der Waals surface area contributed by atoms with Gasteiger partial charge in [0.15, 0.2) is 0 Å². The van der Waals surface area contributed by atoms with E-state index < -0.39 is 5.97 Å². The highest BCUT2D eigenvalue weighted by atomic mass is 32.2. The second kappa shape index (κ2) is 6.72. The summed E-state index contributed by atoms with van der Waals surface area (Å²) in [5.41, 5.74) is 2.76. The molecule has 0 atom stereocenters. The van der Waals surface area contributed by atoms with Gasteiger partial charge in [0.2, 0.25) is 0 Å². The number of thiazole rings is 1. The number of rotatable bonds is 6. The number of aryl methyl sites for hydroxylation is 1. The number of aromatic carboxylic acids is 1. The molecule has 0 bridgehead atoms. The molecule has 0 aliphatic heterocycles. The minimum absolute atomic E-state index is 0.313. The highest BCUT2D eigenvalue weighted by Gasteiger charge is 2.16. The highest BCUT2D eigenvalue weighted by molar-refractivity contribution is 7.98. The third-order valence-electron chi connectivity index (χ3n) is 2.73.